The van der Waals surface area contributed by atoms with E-state index < -0.39 is 6.29 Å². The predicted octanol–water partition coefficient (Wildman–Crippen LogP) is 0.114. The fourth-order valence-corrected chi connectivity index (χ4v) is 1.15. The molecule has 2 heteroatoms. The van der Waals surface area contributed by atoms with Gasteiger partial charge in [0.25, 0.3) is 0 Å². The summed E-state index contributed by atoms with van der Waals surface area (Å²) in [6.45, 7) is 0. The highest BCUT2D eigenvalue weighted by Crippen LogP contribution is 2.44. The van der Waals surface area contributed by atoms with Gasteiger partial charge in [0.2, 0.25) is 0 Å². The van der Waals surface area contributed by atoms with Gasteiger partial charge in [-0.05, 0) is 12.3 Å². The third-order valence-electron chi connectivity index (χ3n) is 1.69. The van der Waals surface area contributed by atoms with Crippen molar-refractivity contribution in [2.75, 3.05) is 0 Å². The van der Waals surface area contributed by atoms with Gasteiger partial charge in [0.15, 0.2) is 6.29 Å². The zero-order valence-electron chi connectivity index (χ0n) is 4.00. The van der Waals surface area contributed by atoms with Crippen molar-refractivity contribution >= 4 is 0 Å². The molecule has 2 nitrogen and oxygen atoms in total. The van der Waals surface area contributed by atoms with E-state index in [0.717, 1.165) is 12.3 Å². The number of aliphatic hydroxyl groups excluding tert-OH is 1. The van der Waals surface area contributed by atoms with E-state index in [1.165, 1.54) is 6.42 Å². The van der Waals surface area contributed by atoms with Crippen molar-refractivity contribution in [2.24, 2.45) is 5.92 Å². The Bertz CT molecular complexity index is 82.1. The quantitative estimate of drug-likeness (QED) is 0.468. The van der Waals surface area contributed by atoms with Crippen LogP contribution in [0.25, 0.3) is 0 Å². The Morgan fingerprint density at radius 2 is 2.29 bits per heavy atom. The normalized spacial score (nSPS) is 57.0. The van der Waals surface area contributed by atoms with Crippen LogP contribution in [-0.4, -0.2) is 17.5 Å². The third kappa shape index (κ3) is 0.469. The Balaban J connectivity index is 2.02. The van der Waals surface area contributed by atoms with Crippen molar-refractivity contribution in [2.45, 2.75) is 25.2 Å². The first-order chi connectivity index (χ1) is 3.36. The summed E-state index contributed by atoms with van der Waals surface area (Å²) in [5.74, 6) is 0.718. The molecule has 0 radical (unpaired) electrons. The molecule has 0 aromatic heterocycles. The number of rotatable bonds is 0. The van der Waals surface area contributed by atoms with Crippen LogP contribution in [0.5, 0.6) is 0 Å². The van der Waals surface area contributed by atoms with Gasteiger partial charge < -0.3 is 9.84 Å². The van der Waals surface area contributed by atoms with Gasteiger partial charge in [0.1, 0.15) is 0 Å². The Hall–Kier alpha value is -0.0800. The second-order valence-electron chi connectivity index (χ2n) is 2.36. The molecule has 0 amide bonds. The van der Waals surface area contributed by atoms with E-state index in [1.807, 2.05) is 0 Å². The number of aliphatic hydroxyl groups is 1. The molecular formula is C5H8O2. The summed E-state index contributed by atoms with van der Waals surface area (Å²) in [4.78, 5) is 0. The highest BCUT2D eigenvalue weighted by Gasteiger charge is 2.46. The number of fused-ring (bicyclic) bond motifs is 1. The molecule has 1 saturated heterocycles. The highest BCUT2D eigenvalue weighted by molar-refractivity contribution is 4.93. The van der Waals surface area contributed by atoms with E-state index in [2.05, 4.69) is 0 Å². The molecule has 1 saturated carbocycles. The van der Waals surface area contributed by atoms with Crippen LogP contribution in [0.15, 0.2) is 0 Å². The van der Waals surface area contributed by atoms with Crippen molar-refractivity contribution in [3.05, 3.63) is 0 Å². The maximum atomic E-state index is 8.71. The van der Waals surface area contributed by atoms with E-state index in [4.69, 9.17) is 9.84 Å². The maximum absolute atomic E-state index is 8.71. The first-order valence-corrected chi connectivity index (χ1v) is 2.70. The van der Waals surface area contributed by atoms with Crippen LogP contribution < -0.4 is 0 Å². The lowest BCUT2D eigenvalue weighted by atomic mass is 10.3. The first kappa shape index (κ1) is 3.87. The molecule has 40 valence electrons. The number of hydrogen-bond donors (Lipinski definition) is 1. The summed E-state index contributed by atoms with van der Waals surface area (Å²) < 4.78 is 4.99. The van der Waals surface area contributed by atoms with Gasteiger partial charge >= 0.3 is 0 Å². The van der Waals surface area contributed by atoms with E-state index in [0.29, 0.717) is 6.10 Å². The van der Waals surface area contributed by atoms with Crippen LogP contribution in [0.3, 0.4) is 0 Å². The highest BCUT2D eigenvalue weighted by atomic mass is 16.6. The number of hydrogen-bond acceptors (Lipinski definition) is 2. The first-order valence-electron chi connectivity index (χ1n) is 2.70. The van der Waals surface area contributed by atoms with Gasteiger partial charge in [0.05, 0.1) is 6.10 Å². The van der Waals surface area contributed by atoms with E-state index in [9.17, 15) is 0 Å². The average molecular weight is 100 g/mol. The molecule has 3 atom stereocenters. The van der Waals surface area contributed by atoms with Crippen LogP contribution in [0, 0.1) is 5.92 Å². The summed E-state index contributed by atoms with van der Waals surface area (Å²) in [5, 5.41) is 8.71. The molecule has 1 aliphatic heterocycles. The summed E-state index contributed by atoms with van der Waals surface area (Å²) in [5.41, 5.74) is 0. The summed E-state index contributed by atoms with van der Waals surface area (Å²) >= 11 is 0. The van der Waals surface area contributed by atoms with Crippen LogP contribution >= 0.6 is 0 Å². The van der Waals surface area contributed by atoms with E-state index in [1.54, 1.807) is 0 Å². The predicted molar refractivity (Wildman–Crippen MR) is 23.6 cm³/mol. The van der Waals surface area contributed by atoms with Gasteiger partial charge in [-0.2, -0.15) is 0 Å². The molecule has 0 aromatic carbocycles. The Morgan fingerprint density at radius 1 is 1.43 bits per heavy atom. The molecule has 7 heavy (non-hydrogen) atoms. The molecule has 3 unspecified atom stereocenters. The summed E-state index contributed by atoms with van der Waals surface area (Å²) in [7, 11) is 0. The van der Waals surface area contributed by atoms with Crippen LogP contribution in [0.2, 0.25) is 0 Å². The fraction of sp³-hybridized carbons (Fsp3) is 1.00. The molecule has 2 rings (SSSR count). The average Bonchev–Trinajstić information content (AvgIpc) is 2.15. The molecule has 1 aliphatic carbocycles. The SMILES string of the molecule is OC1CC2CC2O1. The molecule has 1 heterocycles. The topological polar surface area (TPSA) is 29.5 Å². The van der Waals surface area contributed by atoms with Gasteiger partial charge in [-0.1, -0.05) is 0 Å². The van der Waals surface area contributed by atoms with Gasteiger partial charge in [-0.25, -0.2) is 0 Å². The third-order valence-corrected chi connectivity index (χ3v) is 1.69. The van der Waals surface area contributed by atoms with Gasteiger partial charge in [0, 0.05) is 6.42 Å². The van der Waals surface area contributed by atoms with E-state index >= 15 is 0 Å². The van der Waals surface area contributed by atoms with E-state index in [-0.39, 0.29) is 0 Å². The molecule has 2 aliphatic rings. The lowest BCUT2D eigenvalue weighted by Gasteiger charge is -2.00. The second kappa shape index (κ2) is 1.01. The lowest BCUT2D eigenvalue weighted by molar-refractivity contribution is -0.0819. The Labute approximate surface area is 42.1 Å². The molecule has 0 bridgehead atoms. The van der Waals surface area contributed by atoms with Crippen molar-refractivity contribution in [3.63, 3.8) is 0 Å². The standard InChI is InChI=1S/C5H8O2/c6-5-2-3-1-4(3)7-5/h3-6H,1-2H2. The van der Waals surface area contributed by atoms with Crippen LogP contribution in [0.4, 0.5) is 0 Å². The zero-order chi connectivity index (χ0) is 4.85. The van der Waals surface area contributed by atoms with Crippen LogP contribution in [0.1, 0.15) is 12.8 Å². The minimum atomic E-state index is -0.427. The lowest BCUT2D eigenvalue weighted by Crippen LogP contribution is -2.05. The minimum Gasteiger partial charge on any atom is -0.368 e. The fourth-order valence-electron chi connectivity index (χ4n) is 1.15. The smallest absolute Gasteiger partial charge is 0.155 e. The van der Waals surface area contributed by atoms with Crippen molar-refractivity contribution in [1.29, 1.82) is 0 Å². The molecule has 0 aromatic rings. The Morgan fingerprint density at radius 3 is 2.57 bits per heavy atom. The number of ether oxygens (including phenoxy) is 1. The molecule has 2 fully saturated rings. The van der Waals surface area contributed by atoms with Gasteiger partial charge in [-0.15, -0.1) is 0 Å². The second-order valence-corrected chi connectivity index (χ2v) is 2.36. The largest absolute Gasteiger partial charge is 0.368 e. The van der Waals surface area contributed by atoms with Gasteiger partial charge in [-0.3, -0.25) is 0 Å². The maximum Gasteiger partial charge on any atom is 0.155 e. The van der Waals surface area contributed by atoms with Crippen molar-refractivity contribution in [3.8, 4) is 0 Å². The van der Waals surface area contributed by atoms with Crippen LogP contribution in [-0.2, 0) is 4.74 Å². The zero-order valence-corrected chi connectivity index (χ0v) is 4.00. The molecule has 1 N–H and O–H groups in total. The summed E-state index contributed by atoms with van der Waals surface area (Å²) in [6.07, 6.45) is 2.08. The van der Waals surface area contributed by atoms with Crippen molar-refractivity contribution in [1.82, 2.24) is 0 Å². The summed E-state index contributed by atoms with van der Waals surface area (Å²) in [6, 6.07) is 0. The Kier molecular flexibility index (Phi) is 0.557. The monoisotopic (exact) mass is 100 g/mol. The molecular weight excluding hydrogens is 92.1 g/mol. The van der Waals surface area contributed by atoms with Crippen molar-refractivity contribution < 1.29 is 9.84 Å². The molecule has 0 spiro atoms. The minimum absolute atomic E-state index is 0.427.